The first-order valence-electron chi connectivity index (χ1n) is 7.54. The number of carbonyl (C=O) groups is 1. The Balaban J connectivity index is 2.00. The van der Waals surface area contributed by atoms with Crippen LogP contribution in [-0.4, -0.2) is 33.2 Å². The highest BCUT2D eigenvalue weighted by Crippen LogP contribution is 2.27. The van der Waals surface area contributed by atoms with Crippen LogP contribution >= 0.6 is 0 Å². The number of benzene rings is 2. The van der Waals surface area contributed by atoms with Gasteiger partial charge in [-0.1, -0.05) is 0 Å². The number of carbonyl (C=O) groups excluding carboxylic acids is 1. The second-order valence-electron chi connectivity index (χ2n) is 5.61. The molecule has 5 nitrogen and oxygen atoms in total. The molecule has 25 heavy (non-hydrogen) atoms. The zero-order valence-corrected chi connectivity index (χ0v) is 14.2. The van der Waals surface area contributed by atoms with E-state index in [0.717, 1.165) is 5.41 Å². The first kappa shape index (κ1) is 17.2. The van der Waals surface area contributed by atoms with Gasteiger partial charge in [0, 0.05) is 16.7 Å². The molecule has 0 fully saturated rings. The second kappa shape index (κ2) is 6.68. The molecule has 0 N–H and O–H groups in total. The highest BCUT2D eigenvalue weighted by molar-refractivity contribution is 7.94. The van der Waals surface area contributed by atoms with Crippen LogP contribution in [0, 0.1) is 5.82 Å². The van der Waals surface area contributed by atoms with Crippen LogP contribution in [0.25, 0.3) is 0 Å². The summed E-state index contributed by atoms with van der Waals surface area (Å²) in [5.74, 6) is -0.424. The smallest absolute Gasteiger partial charge is 0.258 e. The summed E-state index contributed by atoms with van der Waals surface area (Å²) in [4.78, 5) is 14.3. The highest BCUT2D eigenvalue weighted by atomic mass is 32.2. The van der Waals surface area contributed by atoms with E-state index in [-0.39, 0.29) is 11.3 Å². The van der Waals surface area contributed by atoms with Crippen molar-refractivity contribution < 1.29 is 22.3 Å². The number of hydrogen-bond acceptors (Lipinski definition) is 4. The van der Waals surface area contributed by atoms with E-state index in [2.05, 4.69) is 0 Å². The fourth-order valence-corrected chi connectivity index (χ4v) is 3.92. The third-order valence-electron chi connectivity index (χ3n) is 3.90. The molecule has 0 bridgehead atoms. The van der Waals surface area contributed by atoms with Crippen molar-refractivity contribution in [3.8, 4) is 5.75 Å². The van der Waals surface area contributed by atoms with Crippen molar-refractivity contribution in [3.63, 3.8) is 0 Å². The Bertz CT molecular complexity index is 905. The molecule has 0 aromatic heterocycles. The zero-order chi connectivity index (χ0) is 18.0. The van der Waals surface area contributed by atoms with E-state index >= 15 is 0 Å². The molecule has 3 rings (SSSR count). The Morgan fingerprint density at radius 3 is 2.28 bits per heavy atom. The summed E-state index contributed by atoms with van der Waals surface area (Å²) in [6.45, 7) is 0. The predicted octanol–water partition coefficient (Wildman–Crippen LogP) is 2.79. The van der Waals surface area contributed by atoms with Crippen molar-refractivity contribution in [2.45, 2.75) is 6.04 Å². The molecule has 1 heterocycles. The molecule has 7 heteroatoms. The SMILES string of the molecule is COc1ccc(N(C(=O)c2ccc(F)cc2)C2C=CS(=O)(=O)C2)cc1. The summed E-state index contributed by atoms with van der Waals surface area (Å²) < 4.78 is 41.8. The highest BCUT2D eigenvalue weighted by Gasteiger charge is 2.32. The van der Waals surface area contributed by atoms with Gasteiger partial charge in [0.05, 0.1) is 18.9 Å². The third kappa shape index (κ3) is 3.71. The maximum Gasteiger partial charge on any atom is 0.258 e. The van der Waals surface area contributed by atoms with Crippen LogP contribution in [0.3, 0.4) is 0 Å². The number of halogens is 1. The Morgan fingerprint density at radius 2 is 1.76 bits per heavy atom. The average Bonchev–Trinajstić information content (AvgIpc) is 2.96. The van der Waals surface area contributed by atoms with Crippen molar-refractivity contribution in [2.75, 3.05) is 17.8 Å². The van der Waals surface area contributed by atoms with E-state index in [9.17, 15) is 17.6 Å². The van der Waals surface area contributed by atoms with Crippen molar-refractivity contribution in [1.29, 1.82) is 0 Å². The third-order valence-corrected chi connectivity index (χ3v) is 5.28. The zero-order valence-electron chi connectivity index (χ0n) is 13.4. The molecule has 0 saturated carbocycles. The predicted molar refractivity (Wildman–Crippen MR) is 92.9 cm³/mol. The Hall–Kier alpha value is -2.67. The minimum atomic E-state index is -3.34. The molecule has 1 aliphatic heterocycles. The van der Waals surface area contributed by atoms with Gasteiger partial charge in [0.25, 0.3) is 5.91 Å². The van der Waals surface area contributed by atoms with Crippen LogP contribution in [0.1, 0.15) is 10.4 Å². The number of sulfone groups is 1. The van der Waals surface area contributed by atoms with Crippen LogP contribution in [0.4, 0.5) is 10.1 Å². The molecule has 0 spiro atoms. The molecule has 1 atom stereocenters. The largest absolute Gasteiger partial charge is 0.497 e. The molecule has 130 valence electrons. The summed E-state index contributed by atoms with van der Waals surface area (Å²) in [5, 5.41) is 1.12. The van der Waals surface area contributed by atoms with Crippen molar-refractivity contribution >= 4 is 21.4 Å². The van der Waals surface area contributed by atoms with Gasteiger partial charge < -0.3 is 9.64 Å². The van der Waals surface area contributed by atoms with E-state index in [1.165, 1.54) is 42.4 Å². The lowest BCUT2D eigenvalue weighted by Crippen LogP contribution is -2.41. The first-order valence-corrected chi connectivity index (χ1v) is 9.25. The summed E-state index contributed by atoms with van der Waals surface area (Å²) in [6.07, 6.45) is 1.49. The van der Waals surface area contributed by atoms with Crippen LogP contribution in [0.2, 0.25) is 0 Å². The molecule has 0 radical (unpaired) electrons. The lowest BCUT2D eigenvalue weighted by molar-refractivity contribution is 0.0983. The van der Waals surface area contributed by atoms with Gasteiger partial charge in [-0.25, -0.2) is 12.8 Å². The van der Waals surface area contributed by atoms with Crippen molar-refractivity contribution in [2.24, 2.45) is 0 Å². The number of methoxy groups -OCH3 is 1. The minimum absolute atomic E-state index is 0.189. The molecule has 2 aromatic rings. The molecule has 1 unspecified atom stereocenters. The number of nitrogens with zero attached hydrogens (tertiary/aromatic N) is 1. The average molecular weight is 361 g/mol. The molecular weight excluding hydrogens is 345 g/mol. The van der Waals surface area contributed by atoms with Crippen LogP contribution in [-0.2, 0) is 9.84 Å². The van der Waals surface area contributed by atoms with Crippen LogP contribution < -0.4 is 9.64 Å². The molecule has 1 amide bonds. The summed E-state index contributed by atoms with van der Waals surface area (Å²) >= 11 is 0. The Kier molecular flexibility index (Phi) is 4.59. The van der Waals surface area contributed by atoms with E-state index in [1.54, 1.807) is 24.3 Å². The number of ether oxygens (including phenoxy) is 1. The standard InChI is InChI=1S/C18H16FNO4S/c1-24-17-8-6-15(7-9-17)20(16-10-11-25(22,23)12-16)18(21)13-2-4-14(19)5-3-13/h2-11,16H,12H2,1H3. The molecule has 2 aromatic carbocycles. The van der Waals surface area contributed by atoms with Gasteiger partial charge in [-0.15, -0.1) is 0 Å². The monoisotopic (exact) mass is 361 g/mol. The maximum atomic E-state index is 13.1. The minimum Gasteiger partial charge on any atom is -0.497 e. The topological polar surface area (TPSA) is 63.7 Å². The number of hydrogen-bond donors (Lipinski definition) is 0. The van der Waals surface area contributed by atoms with Crippen LogP contribution in [0.15, 0.2) is 60.0 Å². The second-order valence-corrected chi connectivity index (χ2v) is 7.54. The molecule has 1 aliphatic rings. The number of rotatable bonds is 4. The van der Waals surface area contributed by atoms with Crippen molar-refractivity contribution in [1.82, 2.24) is 0 Å². The summed E-state index contributed by atoms with van der Waals surface area (Å²) in [6, 6.07) is 11.2. The fourth-order valence-electron chi connectivity index (χ4n) is 2.65. The summed E-state index contributed by atoms with van der Waals surface area (Å²) in [7, 11) is -1.81. The van der Waals surface area contributed by atoms with E-state index in [1.807, 2.05) is 0 Å². The maximum absolute atomic E-state index is 13.1. The Morgan fingerprint density at radius 1 is 1.12 bits per heavy atom. The van der Waals surface area contributed by atoms with Gasteiger partial charge in [0.1, 0.15) is 11.6 Å². The van der Waals surface area contributed by atoms with E-state index < -0.39 is 27.6 Å². The van der Waals surface area contributed by atoms with E-state index in [4.69, 9.17) is 4.74 Å². The van der Waals surface area contributed by atoms with Gasteiger partial charge >= 0.3 is 0 Å². The van der Waals surface area contributed by atoms with Crippen LogP contribution in [0.5, 0.6) is 5.75 Å². The lowest BCUT2D eigenvalue weighted by atomic mass is 10.1. The summed E-state index contributed by atoms with van der Waals surface area (Å²) in [5.41, 5.74) is 0.803. The Labute approximate surface area is 145 Å². The van der Waals surface area contributed by atoms with Gasteiger partial charge in [0.15, 0.2) is 9.84 Å². The molecular formula is C18H16FNO4S. The van der Waals surface area contributed by atoms with Crippen molar-refractivity contribution in [3.05, 3.63) is 71.4 Å². The van der Waals surface area contributed by atoms with Gasteiger partial charge in [-0.05, 0) is 54.6 Å². The molecule has 0 aliphatic carbocycles. The fraction of sp³-hybridized carbons (Fsp3) is 0.167. The lowest BCUT2D eigenvalue weighted by Gasteiger charge is -2.28. The molecule has 0 saturated heterocycles. The number of anilines is 1. The quantitative estimate of drug-likeness (QED) is 0.840. The van der Waals surface area contributed by atoms with Gasteiger partial charge in [-0.3, -0.25) is 4.79 Å². The van der Waals surface area contributed by atoms with E-state index in [0.29, 0.717) is 11.4 Å². The van der Waals surface area contributed by atoms with Gasteiger partial charge in [0.2, 0.25) is 0 Å². The number of amides is 1. The van der Waals surface area contributed by atoms with Gasteiger partial charge in [-0.2, -0.15) is 0 Å². The normalized spacial score (nSPS) is 18.1. The first-order chi connectivity index (χ1) is 11.9.